The summed E-state index contributed by atoms with van der Waals surface area (Å²) in [5, 5.41) is 0. The van der Waals surface area contributed by atoms with Crippen LogP contribution in [-0.2, 0) is 15.1 Å². The van der Waals surface area contributed by atoms with Crippen LogP contribution in [0.4, 0.5) is 0 Å². The smallest absolute Gasteiger partial charge is 0.339 e. The maximum Gasteiger partial charge on any atom is 0.339 e. The number of hydrogen-bond donors (Lipinski definition) is 0. The van der Waals surface area contributed by atoms with Gasteiger partial charge in [0.05, 0.1) is 5.56 Å². The van der Waals surface area contributed by atoms with E-state index in [1.165, 1.54) is 0 Å². The van der Waals surface area contributed by atoms with Gasteiger partial charge in [0.1, 0.15) is 11.4 Å². The van der Waals surface area contributed by atoms with Gasteiger partial charge in [-0.1, -0.05) is 36.9 Å². The van der Waals surface area contributed by atoms with Gasteiger partial charge in [0.15, 0.2) is 0 Å². The molecule has 1 fully saturated rings. The van der Waals surface area contributed by atoms with Crippen molar-refractivity contribution in [3.63, 3.8) is 0 Å². The Bertz CT molecular complexity index is 800. The number of hydrogen-bond acceptors (Lipinski definition) is 4. The van der Waals surface area contributed by atoms with Crippen molar-refractivity contribution in [2.75, 3.05) is 0 Å². The minimum Gasteiger partial charge on any atom is -0.451 e. The molecule has 26 heavy (non-hydrogen) atoms. The van der Waals surface area contributed by atoms with Crippen molar-refractivity contribution in [3.05, 3.63) is 77.9 Å². The van der Waals surface area contributed by atoms with Gasteiger partial charge >= 0.3 is 11.9 Å². The molecule has 0 bridgehead atoms. The largest absolute Gasteiger partial charge is 0.451 e. The molecule has 134 valence electrons. The predicted molar refractivity (Wildman–Crippen MR) is 98.9 cm³/mol. The fourth-order valence-electron chi connectivity index (χ4n) is 3.23. The zero-order valence-electron chi connectivity index (χ0n) is 14.9. The Hall–Kier alpha value is -2.88. The number of benzene rings is 2. The summed E-state index contributed by atoms with van der Waals surface area (Å²) in [5.41, 5.74) is 1.24. The molecule has 3 rings (SSSR count). The molecular weight excluding hydrogens is 328 g/mol. The van der Waals surface area contributed by atoms with E-state index < -0.39 is 11.6 Å². The summed E-state index contributed by atoms with van der Waals surface area (Å²) in [5.74, 6) is -0.490. The third-order valence-electron chi connectivity index (χ3n) is 4.65. The normalized spacial score (nSPS) is 15.3. The number of carbonyl (C=O) groups is 2. The molecule has 0 saturated heterocycles. The summed E-state index contributed by atoms with van der Waals surface area (Å²) in [6.07, 6.45) is 3.74. The van der Waals surface area contributed by atoms with Crippen LogP contribution < -0.4 is 4.74 Å². The molecule has 1 saturated carbocycles. The molecule has 0 unspecified atom stereocenters. The van der Waals surface area contributed by atoms with Gasteiger partial charge in [-0.05, 0) is 62.4 Å². The van der Waals surface area contributed by atoms with Gasteiger partial charge in [0.25, 0.3) is 0 Å². The van der Waals surface area contributed by atoms with Crippen molar-refractivity contribution in [2.24, 2.45) is 0 Å². The first-order valence-corrected chi connectivity index (χ1v) is 8.77. The molecule has 0 radical (unpaired) electrons. The standard InChI is InChI=1S/C22H22O4/c1-16(2)20(23)25-19-12-10-17(11-13-19)21(24)26-22(14-6-7-15-22)18-8-4-3-5-9-18/h3-5,8-13H,1,6-7,14-15H2,2H3. The Morgan fingerprint density at radius 1 is 0.962 bits per heavy atom. The highest BCUT2D eigenvalue weighted by Gasteiger charge is 2.39. The minimum absolute atomic E-state index is 0.319. The third-order valence-corrected chi connectivity index (χ3v) is 4.65. The Labute approximate surface area is 153 Å². The molecule has 0 spiro atoms. The minimum atomic E-state index is -0.552. The van der Waals surface area contributed by atoms with E-state index in [9.17, 15) is 9.59 Å². The number of esters is 2. The second-order valence-corrected chi connectivity index (χ2v) is 6.65. The van der Waals surface area contributed by atoms with Crippen molar-refractivity contribution >= 4 is 11.9 Å². The SMILES string of the molecule is C=C(C)C(=O)Oc1ccc(C(=O)OC2(c3ccccc3)CCCC2)cc1. The predicted octanol–water partition coefficient (Wildman–Crippen LogP) is 4.79. The van der Waals surface area contributed by atoms with Crippen LogP contribution >= 0.6 is 0 Å². The van der Waals surface area contributed by atoms with Gasteiger partial charge in [-0.3, -0.25) is 0 Å². The van der Waals surface area contributed by atoms with Crippen LogP contribution in [0.15, 0.2) is 66.7 Å². The third kappa shape index (κ3) is 3.85. The topological polar surface area (TPSA) is 52.6 Å². The molecule has 4 nitrogen and oxygen atoms in total. The molecule has 0 aromatic heterocycles. The van der Waals surface area contributed by atoms with Crippen LogP contribution in [0.1, 0.15) is 48.5 Å². The lowest BCUT2D eigenvalue weighted by molar-refractivity contribution is -0.130. The van der Waals surface area contributed by atoms with Gasteiger partial charge in [0, 0.05) is 5.57 Å². The fraction of sp³-hybridized carbons (Fsp3) is 0.273. The molecule has 0 heterocycles. The molecule has 2 aromatic carbocycles. The van der Waals surface area contributed by atoms with E-state index in [0.29, 0.717) is 16.9 Å². The Kier molecular flexibility index (Phi) is 5.21. The highest BCUT2D eigenvalue weighted by Crippen LogP contribution is 2.42. The second kappa shape index (κ2) is 7.56. The first-order valence-electron chi connectivity index (χ1n) is 8.77. The quantitative estimate of drug-likeness (QED) is 0.442. The maximum atomic E-state index is 12.7. The second-order valence-electron chi connectivity index (χ2n) is 6.65. The van der Waals surface area contributed by atoms with E-state index in [4.69, 9.17) is 9.47 Å². The first-order chi connectivity index (χ1) is 12.5. The van der Waals surface area contributed by atoms with Crippen molar-refractivity contribution in [1.29, 1.82) is 0 Å². The van der Waals surface area contributed by atoms with Crippen LogP contribution in [0.5, 0.6) is 5.75 Å². The summed E-state index contributed by atoms with van der Waals surface area (Å²) >= 11 is 0. The van der Waals surface area contributed by atoms with Crippen LogP contribution in [0, 0.1) is 0 Å². The maximum absolute atomic E-state index is 12.7. The molecular formula is C22H22O4. The van der Waals surface area contributed by atoms with E-state index in [1.807, 2.05) is 30.3 Å². The van der Waals surface area contributed by atoms with Crippen LogP contribution in [0.2, 0.25) is 0 Å². The van der Waals surface area contributed by atoms with Crippen LogP contribution in [0.3, 0.4) is 0 Å². The van der Waals surface area contributed by atoms with Crippen molar-refractivity contribution in [1.82, 2.24) is 0 Å². The van der Waals surface area contributed by atoms with Gasteiger partial charge in [-0.15, -0.1) is 0 Å². The van der Waals surface area contributed by atoms with Gasteiger partial charge in [-0.2, -0.15) is 0 Å². The Morgan fingerprint density at radius 3 is 2.15 bits per heavy atom. The molecule has 0 atom stereocenters. The summed E-state index contributed by atoms with van der Waals surface area (Å²) in [6.45, 7) is 5.12. The van der Waals surface area contributed by atoms with E-state index in [2.05, 4.69) is 6.58 Å². The zero-order valence-corrected chi connectivity index (χ0v) is 14.9. The van der Waals surface area contributed by atoms with E-state index >= 15 is 0 Å². The first kappa shape index (κ1) is 17.9. The monoisotopic (exact) mass is 350 g/mol. The molecule has 0 aliphatic heterocycles. The van der Waals surface area contributed by atoms with Gasteiger partial charge < -0.3 is 9.47 Å². The summed E-state index contributed by atoms with van der Waals surface area (Å²) in [7, 11) is 0. The fourth-order valence-corrected chi connectivity index (χ4v) is 3.23. The lowest BCUT2D eigenvalue weighted by atomic mass is 9.92. The highest BCUT2D eigenvalue weighted by molar-refractivity contribution is 5.91. The molecule has 4 heteroatoms. The summed E-state index contributed by atoms with van der Waals surface area (Å²) < 4.78 is 11.1. The molecule has 1 aliphatic carbocycles. The van der Waals surface area contributed by atoms with Crippen molar-refractivity contribution < 1.29 is 19.1 Å². The van der Waals surface area contributed by atoms with Gasteiger partial charge in [-0.25, -0.2) is 9.59 Å². The highest BCUT2D eigenvalue weighted by atomic mass is 16.6. The molecule has 0 N–H and O–H groups in total. The Balaban J connectivity index is 1.74. The zero-order chi connectivity index (χ0) is 18.6. The molecule has 2 aromatic rings. The average Bonchev–Trinajstić information content (AvgIpc) is 3.12. The Morgan fingerprint density at radius 2 is 1.58 bits per heavy atom. The number of ether oxygens (including phenoxy) is 2. The van der Waals surface area contributed by atoms with Crippen molar-refractivity contribution in [2.45, 2.75) is 38.2 Å². The van der Waals surface area contributed by atoms with Crippen LogP contribution in [0.25, 0.3) is 0 Å². The summed E-state index contributed by atoms with van der Waals surface area (Å²) in [6, 6.07) is 16.3. The number of carbonyl (C=O) groups excluding carboxylic acids is 2. The van der Waals surface area contributed by atoms with E-state index in [0.717, 1.165) is 31.2 Å². The summed E-state index contributed by atoms with van der Waals surface area (Å²) in [4.78, 5) is 24.2. The van der Waals surface area contributed by atoms with Crippen LogP contribution in [-0.4, -0.2) is 11.9 Å². The van der Waals surface area contributed by atoms with Crippen molar-refractivity contribution in [3.8, 4) is 5.75 Å². The molecule has 1 aliphatic rings. The molecule has 0 amide bonds. The van der Waals surface area contributed by atoms with Gasteiger partial charge in [0.2, 0.25) is 0 Å². The lowest BCUT2D eigenvalue weighted by Gasteiger charge is -2.29. The van der Waals surface area contributed by atoms with E-state index in [1.54, 1.807) is 31.2 Å². The average molecular weight is 350 g/mol. The lowest BCUT2D eigenvalue weighted by Crippen LogP contribution is -2.29. The number of rotatable bonds is 5. The van der Waals surface area contributed by atoms with E-state index in [-0.39, 0.29) is 5.97 Å².